The highest BCUT2D eigenvalue weighted by molar-refractivity contribution is 4.60. The van der Waals surface area contributed by atoms with Crippen LogP contribution < -0.4 is 0 Å². The second kappa shape index (κ2) is 10.8. The Bertz CT molecular complexity index is 177. The van der Waals surface area contributed by atoms with E-state index in [1.54, 1.807) is 0 Å². The maximum atomic E-state index is 9.21. The Hall–Kier alpha value is -0.120. The van der Waals surface area contributed by atoms with E-state index in [0.29, 0.717) is 13.2 Å². The Morgan fingerprint density at radius 1 is 0.833 bits per heavy atom. The van der Waals surface area contributed by atoms with E-state index in [1.807, 2.05) is 0 Å². The summed E-state index contributed by atoms with van der Waals surface area (Å²) in [6.45, 7) is 3.12. The van der Waals surface area contributed by atoms with E-state index in [9.17, 15) is 5.11 Å². The summed E-state index contributed by atoms with van der Waals surface area (Å²) in [4.78, 5) is 0. The molecular weight excluding hydrogens is 228 g/mol. The normalized spacial score (nSPS) is 24.3. The molecule has 0 aromatic carbocycles. The molecule has 0 aliphatic carbocycles. The van der Waals surface area contributed by atoms with Gasteiger partial charge in [-0.05, 0) is 12.8 Å². The van der Waals surface area contributed by atoms with Gasteiger partial charge in [0.2, 0.25) is 0 Å². The van der Waals surface area contributed by atoms with Gasteiger partial charge in [-0.3, -0.25) is 0 Å². The van der Waals surface area contributed by atoms with Gasteiger partial charge < -0.3 is 14.6 Å². The molecule has 108 valence electrons. The molecule has 1 rings (SSSR count). The molecule has 0 spiro atoms. The van der Waals surface area contributed by atoms with Crippen molar-refractivity contribution in [3.05, 3.63) is 0 Å². The zero-order chi connectivity index (χ0) is 13.1. The molecule has 0 saturated carbocycles. The lowest BCUT2D eigenvalue weighted by atomic mass is 10.1. The van der Waals surface area contributed by atoms with Gasteiger partial charge in [0.15, 0.2) is 6.29 Å². The number of rotatable bonds is 10. The van der Waals surface area contributed by atoms with Gasteiger partial charge in [0.1, 0.15) is 6.10 Å². The van der Waals surface area contributed by atoms with Crippen LogP contribution in [-0.4, -0.2) is 30.7 Å². The number of hydrogen-bond donors (Lipinski definition) is 1. The summed E-state index contributed by atoms with van der Waals surface area (Å²) in [6.07, 6.45) is 12.6. The van der Waals surface area contributed by atoms with Crippen LogP contribution in [0.4, 0.5) is 0 Å². The minimum Gasteiger partial charge on any atom is -0.388 e. The third-order valence-electron chi connectivity index (χ3n) is 3.49. The molecule has 0 unspecified atom stereocenters. The van der Waals surface area contributed by atoms with Crippen LogP contribution in [0.25, 0.3) is 0 Å². The van der Waals surface area contributed by atoms with Gasteiger partial charge in [-0.1, -0.05) is 58.3 Å². The predicted molar refractivity (Wildman–Crippen MR) is 73.5 cm³/mol. The summed E-state index contributed by atoms with van der Waals surface area (Å²) in [6, 6.07) is 0. The maximum Gasteiger partial charge on any atom is 0.157 e. The van der Waals surface area contributed by atoms with Crippen LogP contribution >= 0.6 is 0 Å². The summed E-state index contributed by atoms with van der Waals surface area (Å²) in [7, 11) is 0. The average molecular weight is 258 g/mol. The van der Waals surface area contributed by atoms with Crippen LogP contribution in [-0.2, 0) is 9.47 Å². The first-order chi connectivity index (χ1) is 8.83. The zero-order valence-electron chi connectivity index (χ0n) is 11.9. The highest BCUT2D eigenvalue weighted by atomic mass is 16.7. The summed E-state index contributed by atoms with van der Waals surface area (Å²) in [5, 5.41) is 9.21. The fraction of sp³-hybridized carbons (Fsp3) is 1.00. The van der Waals surface area contributed by atoms with E-state index in [4.69, 9.17) is 9.47 Å². The fourth-order valence-electron chi connectivity index (χ4n) is 2.32. The highest BCUT2D eigenvalue weighted by Crippen LogP contribution is 2.15. The molecule has 0 bridgehead atoms. The van der Waals surface area contributed by atoms with E-state index in [2.05, 4.69) is 6.92 Å². The van der Waals surface area contributed by atoms with E-state index in [1.165, 1.54) is 57.8 Å². The Kier molecular flexibility index (Phi) is 9.54. The van der Waals surface area contributed by atoms with Gasteiger partial charge in [0.25, 0.3) is 0 Å². The standard InChI is InChI=1S/C15H30O3/c1-2-3-4-5-6-7-8-9-10-11-15-17-12-14(16)13-18-15/h14-16H,2-13H2,1H3. The second-order valence-corrected chi connectivity index (χ2v) is 5.37. The van der Waals surface area contributed by atoms with Crippen LogP contribution in [0.5, 0.6) is 0 Å². The maximum absolute atomic E-state index is 9.21. The number of aliphatic hydroxyl groups excluding tert-OH is 1. The van der Waals surface area contributed by atoms with Crippen LogP contribution in [0.3, 0.4) is 0 Å². The molecule has 0 aromatic heterocycles. The first-order valence-electron chi connectivity index (χ1n) is 7.74. The third-order valence-corrected chi connectivity index (χ3v) is 3.49. The predicted octanol–water partition coefficient (Wildman–Crippen LogP) is 3.64. The van der Waals surface area contributed by atoms with E-state index in [-0.39, 0.29) is 6.29 Å². The number of unbranched alkanes of at least 4 members (excludes halogenated alkanes) is 8. The minimum absolute atomic E-state index is 0.0713. The molecule has 0 aromatic rings. The van der Waals surface area contributed by atoms with Crippen molar-refractivity contribution < 1.29 is 14.6 Å². The van der Waals surface area contributed by atoms with Crippen molar-refractivity contribution in [1.29, 1.82) is 0 Å². The molecule has 1 heterocycles. The topological polar surface area (TPSA) is 38.7 Å². The lowest BCUT2D eigenvalue weighted by Crippen LogP contribution is -2.35. The number of aliphatic hydroxyl groups is 1. The van der Waals surface area contributed by atoms with Crippen molar-refractivity contribution in [2.45, 2.75) is 83.5 Å². The van der Waals surface area contributed by atoms with Crippen molar-refractivity contribution in [3.63, 3.8) is 0 Å². The smallest absolute Gasteiger partial charge is 0.157 e. The Balaban J connectivity index is 1.78. The lowest BCUT2D eigenvalue weighted by Gasteiger charge is -2.26. The van der Waals surface area contributed by atoms with Gasteiger partial charge in [-0.15, -0.1) is 0 Å². The van der Waals surface area contributed by atoms with Gasteiger partial charge in [0, 0.05) is 0 Å². The molecule has 3 heteroatoms. The fourth-order valence-corrected chi connectivity index (χ4v) is 2.32. The average Bonchev–Trinajstić information content (AvgIpc) is 2.39. The highest BCUT2D eigenvalue weighted by Gasteiger charge is 2.19. The number of ether oxygens (including phenoxy) is 2. The molecule has 1 aliphatic rings. The van der Waals surface area contributed by atoms with Gasteiger partial charge >= 0.3 is 0 Å². The summed E-state index contributed by atoms with van der Waals surface area (Å²) in [5.74, 6) is 0. The molecule has 1 fully saturated rings. The van der Waals surface area contributed by atoms with Crippen molar-refractivity contribution in [2.24, 2.45) is 0 Å². The van der Waals surface area contributed by atoms with Crippen molar-refractivity contribution >= 4 is 0 Å². The van der Waals surface area contributed by atoms with Crippen LogP contribution in [0, 0.1) is 0 Å². The largest absolute Gasteiger partial charge is 0.388 e. The monoisotopic (exact) mass is 258 g/mol. The molecule has 0 atom stereocenters. The minimum atomic E-state index is -0.427. The molecule has 1 aliphatic heterocycles. The Morgan fingerprint density at radius 3 is 1.89 bits per heavy atom. The molecule has 1 N–H and O–H groups in total. The zero-order valence-corrected chi connectivity index (χ0v) is 11.9. The Labute approximate surface area is 112 Å². The SMILES string of the molecule is CCCCCCCCCCCC1OCC(O)CO1. The molecule has 18 heavy (non-hydrogen) atoms. The molecule has 1 saturated heterocycles. The second-order valence-electron chi connectivity index (χ2n) is 5.37. The lowest BCUT2D eigenvalue weighted by molar-refractivity contribution is -0.218. The quantitative estimate of drug-likeness (QED) is 0.608. The van der Waals surface area contributed by atoms with E-state index < -0.39 is 6.10 Å². The van der Waals surface area contributed by atoms with E-state index >= 15 is 0 Å². The summed E-state index contributed by atoms with van der Waals surface area (Å²) < 4.78 is 10.8. The molecular formula is C15H30O3. The van der Waals surface area contributed by atoms with Crippen LogP contribution in [0.1, 0.15) is 71.1 Å². The number of hydrogen-bond acceptors (Lipinski definition) is 3. The van der Waals surface area contributed by atoms with Crippen LogP contribution in [0.15, 0.2) is 0 Å². The van der Waals surface area contributed by atoms with Crippen molar-refractivity contribution in [2.75, 3.05) is 13.2 Å². The van der Waals surface area contributed by atoms with E-state index in [0.717, 1.165) is 6.42 Å². The van der Waals surface area contributed by atoms with Gasteiger partial charge in [0.05, 0.1) is 13.2 Å². The summed E-state index contributed by atoms with van der Waals surface area (Å²) >= 11 is 0. The van der Waals surface area contributed by atoms with Gasteiger partial charge in [-0.25, -0.2) is 0 Å². The first-order valence-corrected chi connectivity index (χ1v) is 7.74. The van der Waals surface area contributed by atoms with Crippen LogP contribution in [0.2, 0.25) is 0 Å². The van der Waals surface area contributed by atoms with Gasteiger partial charge in [-0.2, -0.15) is 0 Å². The molecule has 3 nitrogen and oxygen atoms in total. The van der Waals surface area contributed by atoms with Crippen molar-refractivity contribution in [3.8, 4) is 0 Å². The molecule has 0 amide bonds. The summed E-state index contributed by atoms with van der Waals surface area (Å²) in [5.41, 5.74) is 0. The third kappa shape index (κ3) is 8.06. The van der Waals surface area contributed by atoms with Crippen molar-refractivity contribution in [1.82, 2.24) is 0 Å². The molecule has 0 radical (unpaired) electrons. The first kappa shape index (κ1) is 15.9. The Morgan fingerprint density at radius 2 is 1.33 bits per heavy atom.